The van der Waals surface area contributed by atoms with Crippen molar-refractivity contribution in [3.05, 3.63) is 53.0 Å². The number of carbonyl (C=O) groups is 1. The van der Waals surface area contributed by atoms with Crippen LogP contribution in [0.1, 0.15) is 13.3 Å². The van der Waals surface area contributed by atoms with E-state index in [-0.39, 0.29) is 29.4 Å². The Bertz CT molecular complexity index is 1340. The molecule has 0 fully saturated rings. The number of halogens is 1. The molecule has 0 aliphatic carbocycles. The molecule has 32 heavy (non-hydrogen) atoms. The second-order valence-corrected chi connectivity index (χ2v) is 9.83. The number of nitrogens with one attached hydrogen (secondary N) is 1. The minimum Gasteiger partial charge on any atom is -0.481 e. The fraction of sp³-hybridized carbons (Fsp3) is 0.300. The predicted molar refractivity (Wildman–Crippen MR) is 115 cm³/mol. The van der Waals surface area contributed by atoms with Gasteiger partial charge in [-0.25, -0.2) is 22.8 Å². The first kappa shape index (κ1) is 23.3. The van der Waals surface area contributed by atoms with Crippen LogP contribution in [-0.2, 0) is 21.2 Å². The van der Waals surface area contributed by atoms with Crippen molar-refractivity contribution in [2.75, 3.05) is 13.4 Å². The number of carbonyl (C=O) groups excluding carboxylic acids is 1. The second kappa shape index (κ2) is 8.63. The molecule has 0 bridgehead atoms. The third-order valence-corrected chi connectivity index (χ3v) is 7.44. The lowest BCUT2D eigenvalue weighted by Gasteiger charge is -2.24. The van der Waals surface area contributed by atoms with Gasteiger partial charge >= 0.3 is 5.91 Å². The first-order valence-corrected chi connectivity index (χ1v) is 11.3. The van der Waals surface area contributed by atoms with Crippen LogP contribution in [0.25, 0.3) is 22.0 Å². The van der Waals surface area contributed by atoms with Crippen molar-refractivity contribution >= 4 is 26.6 Å². The number of pyridine rings is 1. The summed E-state index contributed by atoms with van der Waals surface area (Å²) in [6, 6.07) is 5.69. The summed E-state index contributed by atoms with van der Waals surface area (Å²) in [5.74, 6) is -1.29. The van der Waals surface area contributed by atoms with Crippen molar-refractivity contribution in [1.29, 1.82) is 0 Å². The summed E-state index contributed by atoms with van der Waals surface area (Å²) in [6.07, 6.45) is 3.25. The number of hydroxylamine groups is 1. The Hall–Kier alpha value is -3.38. The van der Waals surface area contributed by atoms with Crippen LogP contribution in [0, 0.1) is 5.82 Å². The van der Waals surface area contributed by atoms with Gasteiger partial charge in [-0.2, -0.15) is 0 Å². The van der Waals surface area contributed by atoms with Crippen molar-refractivity contribution in [1.82, 2.24) is 20.0 Å². The van der Waals surface area contributed by atoms with Crippen LogP contribution in [0.2, 0.25) is 0 Å². The van der Waals surface area contributed by atoms with Gasteiger partial charge in [0, 0.05) is 36.2 Å². The van der Waals surface area contributed by atoms with Crippen LogP contribution in [0.4, 0.5) is 4.39 Å². The van der Waals surface area contributed by atoms with Gasteiger partial charge < -0.3 is 9.94 Å². The standard InChI is InChI=1S/C20H21FN4O6S/c1-20(19(27)24-28,32(3,29)30)6-7-25-11-23-16-9-13(15(21)8-14(16)18(25)26)12-4-5-17(31-2)22-10-12/h4-5,8-11,28H,6-7H2,1-3H3,(H,24,27)/p+1/t20-/m1/s1. The molecule has 3 rings (SSSR count). The van der Waals surface area contributed by atoms with E-state index in [4.69, 9.17) is 9.94 Å². The normalized spacial score (nSPS) is 13.5. The molecule has 0 aliphatic heterocycles. The fourth-order valence-electron chi connectivity index (χ4n) is 3.15. The van der Waals surface area contributed by atoms with E-state index in [9.17, 15) is 22.4 Å². The van der Waals surface area contributed by atoms with E-state index < -0.39 is 31.9 Å². The fourth-order valence-corrected chi connectivity index (χ4v) is 4.00. The molecule has 0 saturated heterocycles. The molecule has 1 atom stereocenters. The zero-order valence-electron chi connectivity index (χ0n) is 17.5. The first-order chi connectivity index (χ1) is 15.0. The van der Waals surface area contributed by atoms with Gasteiger partial charge in [0.15, 0.2) is 14.6 Å². The van der Waals surface area contributed by atoms with E-state index in [0.29, 0.717) is 11.4 Å². The predicted octanol–water partition coefficient (Wildman–Crippen LogP) is 0.555. The van der Waals surface area contributed by atoms with Crippen LogP contribution >= 0.6 is 0 Å². The Morgan fingerprint density at radius 1 is 1.31 bits per heavy atom. The Balaban J connectivity index is 1.98. The SMILES string of the molecule is COc1ccc(-c2cc3ncn(CC[C@](C)(C(=O)N[OH2+])S(C)(=O)=O)c(=O)c3cc2F)cn1. The van der Waals surface area contributed by atoms with Crippen LogP contribution < -0.4 is 15.8 Å². The van der Waals surface area contributed by atoms with Crippen LogP contribution in [0.15, 0.2) is 41.6 Å². The number of aryl methyl sites for hydroxylation is 1. The molecule has 0 spiro atoms. The molecule has 0 saturated carbocycles. The highest BCUT2D eigenvalue weighted by atomic mass is 32.2. The summed E-state index contributed by atoms with van der Waals surface area (Å²) in [5, 5.41) is 7.02. The maximum atomic E-state index is 14.8. The Morgan fingerprint density at radius 3 is 2.59 bits per heavy atom. The molecule has 1 amide bonds. The van der Waals surface area contributed by atoms with E-state index in [2.05, 4.69) is 9.97 Å². The Morgan fingerprint density at radius 2 is 2.03 bits per heavy atom. The number of hydrogen-bond donors (Lipinski definition) is 1. The average molecular weight is 465 g/mol. The quantitative estimate of drug-likeness (QED) is 0.397. The van der Waals surface area contributed by atoms with Gasteiger partial charge in [0.25, 0.3) is 5.56 Å². The number of nitrogens with zero attached hydrogens (tertiary/aromatic N) is 3. The van der Waals surface area contributed by atoms with E-state index >= 15 is 0 Å². The number of fused-ring (bicyclic) bond motifs is 1. The molecule has 3 aromatic rings. The zero-order chi connectivity index (χ0) is 23.7. The van der Waals surface area contributed by atoms with Crippen molar-refractivity contribution in [2.24, 2.45) is 0 Å². The molecular formula is C20H22FN4O6S+. The van der Waals surface area contributed by atoms with Gasteiger partial charge in [-0.15, -0.1) is 5.48 Å². The van der Waals surface area contributed by atoms with E-state index in [1.165, 1.54) is 32.6 Å². The van der Waals surface area contributed by atoms with E-state index in [1.54, 1.807) is 17.6 Å². The molecule has 10 nitrogen and oxygen atoms in total. The van der Waals surface area contributed by atoms with E-state index in [0.717, 1.165) is 16.9 Å². The lowest BCUT2D eigenvalue weighted by atomic mass is 10.0. The summed E-state index contributed by atoms with van der Waals surface area (Å²) in [4.78, 5) is 33.1. The number of aromatic nitrogens is 3. The molecule has 0 aliphatic rings. The van der Waals surface area contributed by atoms with Crippen molar-refractivity contribution < 1.29 is 27.5 Å². The van der Waals surface area contributed by atoms with Gasteiger partial charge in [-0.05, 0) is 31.5 Å². The summed E-state index contributed by atoms with van der Waals surface area (Å²) < 4.78 is 43.2. The summed E-state index contributed by atoms with van der Waals surface area (Å²) >= 11 is 0. The number of sulfone groups is 1. The minimum absolute atomic E-state index is 0.00113. The topological polar surface area (TPSA) is 143 Å². The number of amides is 1. The average Bonchev–Trinajstić information content (AvgIpc) is 2.77. The molecule has 0 unspecified atom stereocenters. The number of benzene rings is 1. The molecule has 2 heterocycles. The van der Waals surface area contributed by atoms with Gasteiger partial charge in [-0.1, -0.05) is 0 Å². The maximum Gasteiger partial charge on any atom is 0.304 e. The van der Waals surface area contributed by atoms with Gasteiger partial charge in [0.1, 0.15) is 5.82 Å². The molecule has 2 aromatic heterocycles. The molecule has 3 N–H and O–H groups in total. The monoisotopic (exact) mass is 465 g/mol. The van der Waals surface area contributed by atoms with Crippen LogP contribution in [-0.4, -0.2) is 52.2 Å². The van der Waals surface area contributed by atoms with Crippen molar-refractivity contribution in [2.45, 2.75) is 24.6 Å². The number of methoxy groups -OCH3 is 1. The van der Waals surface area contributed by atoms with Gasteiger partial charge in [0.2, 0.25) is 5.88 Å². The van der Waals surface area contributed by atoms with Crippen LogP contribution in [0.3, 0.4) is 0 Å². The second-order valence-electron chi connectivity index (χ2n) is 7.39. The summed E-state index contributed by atoms with van der Waals surface area (Å²) in [5.41, 5.74) is 1.93. The minimum atomic E-state index is -3.89. The number of rotatable bonds is 7. The highest BCUT2D eigenvalue weighted by Gasteiger charge is 2.44. The van der Waals surface area contributed by atoms with Gasteiger partial charge in [0.05, 0.1) is 24.3 Å². The third-order valence-electron chi connectivity index (χ3n) is 5.41. The molecule has 0 radical (unpaired) electrons. The maximum absolute atomic E-state index is 14.8. The molecule has 12 heteroatoms. The summed E-state index contributed by atoms with van der Waals surface area (Å²) in [7, 11) is -2.43. The number of ether oxygens (including phenoxy) is 1. The Kier molecular flexibility index (Phi) is 6.28. The van der Waals surface area contributed by atoms with Crippen molar-refractivity contribution in [3.8, 4) is 17.0 Å². The van der Waals surface area contributed by atoms with Gasteiger partial charge in [-0.3, -0.25) is 14.2 Å². The van der Waals surface area contributed by atoms with Crippen LogP contribution in [0.5, 0.6) is 5.88 Å². The smallest absolute Gasteiger partial charge is 0.304 e. The lowest BCUT2D eigenvalue weighted by molar-refractivity contribution is -0.131. The molecule has 170 valence electrons. The largest absolute Gasteiger partial charge is 0.481 e. The summed E-state index contributed by atoms with van der Waals surface area (Å²) in [6.45, 7) is 1.01. The highest BCUT2D eigenvalue weighted by molar-refractivity contribution is 7.92. The zero-order valence-corrected chi connectivity index (χ0v) is 18.4. The number of hydrogen-bond acceptors (Lipinski definition) is 7. The highest BCUT2D eigenvalue weighted by Crippen LogP contribution is 2.27. The lowest BCUT2D eigenvalue weighted by Crippen LogP contribution is -2.50. The molecule has 1 aromatic carbocycles. The molecular weight excluding hydrogens is 443 g/mol. The van der Waals surface area contributed by atoms with E-state index in [1.807, 2.05) is 0 Å². The van der Waals surface area contributed by atoms with Crippen molar-refractivity contribution in [3.63, 3.8) is 0 Å². The third kappa shape index (κ3) is 4.18. The first-order valence-electron chi connectivity index (χ1n) is 9.37. The Labute approximate surface area is 182 Å².